The van der Waals surface area contributed by atoms with Crippen molar-refractivity contribution >= 4 is 6.29 Å². The van der Waals surface area contributed by atoms with E-state index in [1.807, 2.05) is 0 Å². The highest BCUT2D eigenvalue weighted by Gasteiger charge is 2.14. The minimum atomic E-state index is 0.308. The van der Waals surface area contributed by atoms with Crippen molar-refractivity contribution < 1.29 is 9.53 Å². The Bertz CT molecular complexity index is 332. The van der Waals surface area contributed by atoms with Crippen LogP contribution in [0.2, 0.25) is 0 Å². The molecule has 0 bridgehead atoms. The topological polar surface area (TPSA) is 39.2 Å². The highest BCUT2D eigenvalue weighted by atomic mass is 16.5. The van der Waals surface area contributed by atoms with Crippen LogP contribution in [0.25, 0.3) is 0 Å². The zero-order valence-electron chi connectivity index (χ0n) is 8.69. The molecule has 1 aliphatic carbocycles. The van der Waals surface area contributed by atoms with Gasteiger partial charge >= 0.3 is 0 Å². The fraction of sp³-hybridized carbons (Fsp3) is 0.500. The zero-order chi connectivity index (χ0) is 10.5. The molecule has 15 heavy (non-hydrogen) atoms. The molecule has 2 rings (SSSR count). The van der Waals surface area contributed by atoms with E-state index in [2.05, 4.69) is 4.98 Å². The molecule has 1 saturated carbocycles. The summed E-state index contributed by atoms with van der Waals surface area (Å²) in [6, 6.07) is 1.74. The quantitative estimate of drug-likeness (QED) is 0.712. The van der Waals surface area contributed by atoms with Gasteiger partial charge in [0.05, 0.1) is 12.3 Å². The molecule has 1 aromatic heterocycles. The van der Waals surface area contributed by atoms with E-state index >= 15 is 0 Å². The SMILES string of the molecule is O=Cc1cncc(OC2CCCCC2)c1. The van der Waals surface area contributed by atoms with Gasteiger partial charge in [-0.05, 0) is 31.7 Å². The highest BCUT2D eigenvalue weighted by molar-refractivity contribution is 5.74. The van der Waals surface area contributed by atoms with Gasteiger partial charge in [-0.3, -0.25) is 9.78 Å². The molecule has 0 atom stereocenters. The second-order valence-corrected chi connectivity index (χ2v) is 3.95. The lowest BCUT2D eigenvalue weighted by atomic mass is 9.98. The van der Waals surface area contributed by atoms with Crippen molar-refractivity contribution in [3.8, 4) is 5.75 Å². The minimum absolute atomic E-state index is 0.308. The van der Waals surface area contributed by atoms with Gasteiger partial charge in [-0.25, -0.2) is 0 Å². The summed E-state index contributed by atoms with van der Waals surface area (Å²) >= 11 is 0. The molecule has 0 saturated heterocycles. The maximum absolute atomic E-state index is 10.6. The number of ether oxygens (including phenoxy) is 1. The van der Waals surface area contributed by atoms with Gasteiger partial charge in [0.15, 0.2) is 6.29 Å². The molecular formula is C12H15NO2. The monoisotopic (exact) mass is 205 g/mol. The summed E-state index contributed by atoms with van der Waals surface area (Å²) in [7, 11) is 0. The number of hydrogen-bond acceptors (Lipinski definition) is 3. The molecule has 0 radical (unpaired) electrons. The summed E-state index contributed by atoms with van der Waals surface area (Å²) in [6.45, 7) is 0. The summed E-state index contributed by atoms with van der Waals surface area (Å²) in [6.07, 6.45) is 10.3. The van der Waals surface area contributed by atoms with E-state index in [9.17, 15) is 4.79 Å². The first-order valence-electron chi connectivity index (χ1n) is 5.45. The van der Waals surface area contributed by atoms with Gasteiger partial charge in [-0.15, -0.1) is 0 Å². The number of rotatable bonds is 3. The maximum atomic E-state index is 10.6. The van der Waals surface area contributed by atoms with Crippen LogP contribution in [0.4, 0.5) is 0 Å². The second-order valence-electron chi connectivity index (χ2n) is 3.95. The van der Waals surface area contributed by atoms with Gasteiger partial charge in [0.25, 0.3) is 0 Å². The third-order valence-electron chi connectivity index (χ3n) is 2.73. The Morgan fingerprint density at radius 2 is 2.07 bits per heavy atom. The lowest BCUT2D eigenvalue weighted by Gasteiger charge is -2.22. The molecule has 1 fully saturated rings. The molecule has 0 unspecified atom stereocenters. The van der Waals surface area contributed by atoms with Crippen molar-refractivity contribution in [2.75, 3.05) is 0 Å². The maximum Gasteiger partial charge on any atom is 0.151 e. The number of hydrogen-bond donors (Lipinski definition) is 0. The third-order valence-corrected chi connectivity index (χ3v) is 2.73. The van der Waals surface area contributed by atoms with Crippen molar-refractivity contribution in [1.29, 1.82) is 0 Å². The van der Waals surface area contributed by atoms with Crippen molar-refractivity contribution in [2.45, 2.75) is 38.2 Å². The van der Waals surface area contributed by atoms with Crippen LogP contribution in [-0.4, -0.2) is 17.4 Å². The van der Waals surface area contributed by atoms with Crippen molar-refractivity contribution in [3.63, 3.8) is 0 Å². The summed E-state index contributed by atoms with van der Waals surface area (Å²) in [5, 5.41) is 0. The molecule has 0 N–H and O–H groups in total. The van der Waals surface area contributed by atoms with E-state index in [4.69, 9.17) is 4.74 Å². The largest absolute Gasteiger partial charge is 0.489 e. The van der Waals surface area contributed by atoms with Crippen LogP contribution < -0.4 is 4.74 Å². The molecule has 3 nitrogen and oxygen atoms in total. The standard InChI is InChI=1S/C12H15NO2/c14-9-10-6-12(8-13-7-10)15-11-4-2-1-3-5-11/h6-9,11H,1-5H2. The van der Waals surface area contributed by atoms with Crippen molar-refractivity contribution in [2.24, 2.45) is 0 Å². The van der Waals surface area contributed by atoms with Crippen LogP contribution in [0.15, 0.2) is 18.5 Å². The molecule has 3 heteroatoms. The Kier molecular flexibility index (Phi) is 3.33. The van der Waals surface area contributed by atoms with Gasteiger partial charge in [0.1, 0.15) is 5.75 Å². The number of aldehydes is 1. The average Bonchev–Trinajstić information content (AvgIpc) is 2.31. The van der Waals surface area contributed by atoms with Gasteiger partial charge in [0.2, 0.25) is 0 Å². The first-order chi connectivity index (χ1) is 7.38. The van der Waals surface area contributed by atoms with Gasteiger partial charge in [0, 0.05) is 11.8 Å². The van der Waals surface area contributed by atoms with E-state index in [1.165, 1.54) is 19.3 Å². The predicted molar refractivity (Wildman–Crippen MR) is 57.1 cm³/mol. The Hall–Kier alpha value is -1.38. The van der Waals surface area contributed by atoms with Crippen LogP contribution in [0, 0.1) is 0 Å². The lowest BCUT2D eigenvalue weighted by Crippen LogP contribution is -2.19. The normalized spacial score (nSPS) is 17.3. The number of carbonyl (C=O) groups is 1. The van der Waals surface area contributed by atoms with Gasteiger partial charge in [-0.2, -0.15) is 0 Å². The molecule has 1 aromatic rings. The average molecular weight is 205 g/mol. The number of aromatic nitrogens is 1. The third kappa shape index (κ3) is 2.78. The Balaban J connectivity index is 1.99. The first kappa shape index (κ1) is 10.1. The second kappa shape index (κ2) is 4.91. The molecule has 0 aromatic carbocycles. The predicted octanol–water partition coefficient (Wildman–Crippen LogP) is 2.61. The van der Waals surface area contributed by atoms with E-state index in [0.29, 0.717) is 17.4 Å². The number of pyridine rings is 1. The van der Waals surface area contributed by atoms with Gasteiger partial charge < -0.3 is 4.74 Å². The van der Waals surface area contributed by atoms with Crippen LogP contribution >= 0.6 is 0 Å². The Morgan fingerprint density at radius 3 is 2.80 bits per heavy atom. The Morgan fingerprint density at radius 1 is 1.27 bits per heavy atom. The van der Waals surface area contributed by atoms with Crippen LogP contribution in [0.1, 0.15) is 42.5 Å². The van der Waals surface area contributed by atoms with E-state index in [1.54, 1.807) is 18.5 Å². The van der Waals surface area contributed by atoms with Crippen LogP contribution in [-0.2, 0) is 0 Å². The summed E-state index contributed by atoms with van der Waals surface area (Å²) < 4.78 is 5.78. The molecule has 0 spiro atoms. The fourth-order valence-corrected chi connectivity index (χ4v) is 1.94. The van der Waals surface area contributed by atoms with E-state index in [0.717, 1.165) is 19.1 Å². The van der Waals surface area contributed by atoms with Crippen molar-refractivity contribution in [3.05, 3.63) is 24.0 Å². The lowest BCUT2D eigenvalue weighted by molar-refractivity contribution is 0.112. The van der Waals surface area contributed by atoms with Crippen molar-refractivity contribution in [1.82, 2.24) is 4.98 Å². The molecule has 1 aliphatic rings. The molecule has 0 amide bonds. The number of nitrogens with zero attached hydrogens (tertiary/aromatic N) is 1. The Labute approximate surface area is 89.5 Å². The van der Waals surface area contributed by atoms with E-state index < -0.39 is 0 Å². The van der Waals surface area contributed by atoms with Crippen LogP contribution in [0.5, 0.6) is 5.75 Å². The summed E-state index contributed by atoms with van der Waals surface area (Å²) in [4.78, 5) is 14.5. The first-order valence-corrected chi connectivity index (χ1v) is 5.45. The van der Waals surface area contributed by atoms with Gasteiger partial charge in [-0.1, -0.05) is 6.42 Å². The fourth-order valence-electron chi connectivity index (χ4n) is 1.94. The summed E-state index contributed by atoms with van der Waals surface area (Å²) in [5.74, 6) is 0.714. The molecule has 0 aliphatic heterocycles. The van der Waals surface area contributed by atoms with E-state index in [-0.39, 0.29) is 0 Å². The molecule has 80 valence electrons. The number of carbonyl (C=O) groups excluding carboxylic acids is 1. The highest BCUT2D eigenvalue weighted by Crippen LogP contribution is 2.22. The van der Waals surface area contributed by atoms with Crippen LogP contribution in [0.3, 0.4) is 0 Å². The summed E-state index contributed by atoms with van der Waals surface area (Å²) in [5.41, 5.74) is 0.573. The molecule has 1 heterocycles. The molecular weight excluding hydrogens is 190 g/mol. The minimum Gasteiger partial charge on any atom is -0.489 e. The zero-order valence-corrected chi connectivity index (χ0v) is 8.69. The smallest absolute Gasteiger partial charge is 0.151 e.